The Labute approximate surface area is 97.5 Å². The van der Waals surface area contributed by atoms with Crippen LogP contribution in [0.4, 0.5) is 0 Å². The van der Waals surface area contributed by atoms with Crippen molar-refractivity contribution in [1.82, 2.24) is 4.98 Å². The van der Waals surface area contributed by atoms with Crippen LogP contribution in [0.15, 0.2) is 46.9 Å². The number of hydrogen-bond donors (Lipinski definition) is 0. The first kappa shape index (κ1) is 9.43. The van der Waals surface area contributed by atoms with Crippen LogP contribution in [-0.4, -0.2) is 4.98 Å². The van der Waals surface area contributed by atoms with E-state index in [0.717, 1.165) is 16.7 Å². The van der Waals surface area contributed by atoms with Gasteiger partial charge in [0.05, 0.1) is 0 Å². The van der Waals surface area contributed by atoms with Gasteiger partial charge in [0.1, 0.15) is 5.52 Å². The van der Waals surface area contributed by atoms with Gasteiger partial charge < -0.3 is 4.42 Å². The molecule has 0 N–H and O–H groups in total. The van der Waals surface area contributed by atoms with E-state index in [9.17, 15) is 0 Å². The molecule has 0 aliphatic carbocycles. The maximum atomic E-state index is 5.82. The SMILES string of the molecule is Clc1ccc(-c2nc3[c]cccc3o2)cc1. The van der Waals surface area contributed by atoms with Gasteiger partial charge in [-0.15, -0.1) is 0 Å². The monoisotopic (exact) mass is 228 g/mol. The quantitative estimate of drug-likeness (QED) is 0.630. The van der Waals surface area contributed by atoms with E-state index in [0.29, 0.717) is 10.9 Å². The topological polar surface area (TPSA) is 26.0 Å². The van der Waals surface area contributed by atoms with Crippen molar-refractivity contribution in [3.05, 3.63) is 53.6 Å². The van der Waals surface area contributed by atoms with E-state index in [2.05, 4.69) is 11.1 Å². The molecule has 16 heavy (non-hydrogen) atoms. The van der Waals surface area contributed by atoms with Crippen molar-refractivity contribution in [3.63, 3.8) is 0 Å². The van der Waals surface area contributed by atoms with Crippen molar-refractivity contribution in [2.45, 2.75) is 0 Å². The van der Waals surface area contributed by atoms with Crippen LogP contribution in [0.25, 0.3) is 22.6 Å². The second-order valence-corrected chi connectivity index (χ2v) is 3.85. The molecule has 0 atom stereocenters. The first-order valence-electron chi connectivity index (χ1n) is 4.86. The summed E-state index contributed by atoms with van der Waals surface area (Å²) in [6, 6.07) is 16.0. The Morgan fingerprint density at radius 2 is 1.94 bits per heavy atom. The minimum Gasteiger partial charge on any atom is -0.436 e. The van der Waals surface area contributed by atoms with Crippen LogP contribution < -0.4 is 0 Å². The van der Waals surface area contributed by atoms with E-state index in [1.165, 1.54) is 0 Å². The second-order valence-electron chi connectivity index (χ2n) is 3.41. The summed E-state index contributed by atoms with van der Waals surface area (Å²) < 4.78 is 5.61. The molecule has 0 saturated heterocycles. The highest BCUT2D eigenvalue weighted by Gasteiger charge is 2.06. The summed E-state index contributed by atoms with van der Waals surface area (Å²) in [7, 11) is 0. The molecule has 0 saturated carbocycles. The lowest BCUT2D eigenvalue weighted by Crippen LogP contribution is -1.75. The van der Waals surface area contributed by atoms with E-state index in [-0.39, 0.29) is 0 Å². The van der Waals surface area contributed by atoms with Crippen LogP contribution in [0.5, 0.6) is 0 Å². The normalized spacial score (nSPS) is 10.8. The van der Waals surface area contributed by atoms with Gasteiger partial charge in [-0.25, -0.2) is 4.98 Å². The van der Waals surface area contributed by atoms with Crippen LogP contribution in [-0.2, 0) is 0 Å². The molecule has 2 nitrogen and oxygen atoms in total. The predicted octanol–water partition coefficient (Wildman–Crippen LogP) is 3.95. The highest BCUT2D eigenvalue weighted by Crippen LogP contribution is 2.24. The summed E-state index contributed by atoms with van der Waals surface area (Å²) in [6.45, 7) is 0. The van der Waals surface area contributed by atoms with E-state index in [4.69, 9.17) is 16.0 Å². The van der Waals surface area contributed by atoms with Crippen molar-refractivity contribution >= 4 is 22.7 Å². The molecule has 0 aliphatic heterocycles. The van der Waals surface area contributed by atoms with Gasteiger partial charge in [0, 0.05) is 16.7 Å². The molecule has 3 aromatic rings. The van der Waals surface area contributed by atoms with Crippen LogP contribution in [0.2, 0.25) is 5.02 Å². The molecular formula is C13H7ClNO. The lowest BCUT2D eigenvalue weighted by Gasteiger charge is -1.94. The Bertz CT molecular complexity index is 595. The fourth-order valence-corrected chi connectivity index (χ4v) is 1.65. The third kappa shape index (κ3) is 1.57. The van der Waals surface area contributed by atoms with Gasteiger partial charge in [-0.1, -0.05) is 23.7 Å². The minimum absolute atomic E-state index is 0.592. The molecule has 77 valence electrons. The van der Waals surface area contributed by atoms with Gasteiger partial charge in [-0.3, -0.25) is 0 Å². The number of aromatic nitrogens is 1. The van der Waals surface area contributed by atoms with Crippen LogP contribution in [0.3, 0.4) is 0 Å². The van der Waals surface area contributed by atoms with Gasteiger partial charge in [0.2, 0.25) is 5.89 Å². The van der Waals surface area contributed by atoms with Gasteiger partial charge >= 0.3 is 0 Å². The molecule has 2 aromatic carbocycles. The van der Waals surface area contributed by atoms with Gasteiger partial charge in [-0.05, 0) is 30.3 Å². The fourth-order valence-electron chi connectivity index (χ4n) is 1.53. The molecule has 0 unspecified atom stereocenters. The Balaban J connectivity index is 2.15. The van der Waals surface area contributed by atoms with E-state index in [1.54, 1.807) is 0 Å². The summed E-state index contributed by atoms with van der Waals surface area (Å²) >= 11 is 5.82. The zero-order chi connectivity index (χ0) is 11.0. The zero-order valence-corrected chi connectivity index (χ0v) is 9.03. The molecule has 1 heterocycles. The van der Waals surface area contributed by atoms with E-state index >= 15 is 0 Å². The summed E-state index contributed by atoms with van der Waals surface area (Å²) in [6.07, 6.45) is 0. The lowest BCUT2D eigenvalue weighted by molar-refractivity contribution is 0.620. The molecular weight excluding hydrogens is 222 g/mol. The third-order valence-electron chi connectivity index (χ3n) is 2.31. The predicted molar refractivity (Wildman–Crippen MR) is 63.3 cm³/mol. The van der Waals surface area contributed by atoms with Crippen LogP contribution in [0.1, 0.15) is 0 Å². The summed E-state index contributed by atoms with van der Waals surface area (Å²) in [5.41, 5.74) is 2.40. The smallest absolute Gasteiger partial charge is 0.227 e. The standard InChI is InChI=1S/C13H7ClNO/c14-10-7-5-9(6-8-10)13-15-11-3-1-2-4-12(11)16-13/h1-2,4-8H. The Kier molecular flexibility index (Phi) is 2.15. The van der Waals surface area contributed by atoms with Crippen molar-refractivity contribution in [2.24, 2.45) is 0 Å². The number of nitrogens with zero attached hydrogens (tertiary/aromatic N) is 1. The van der Waals surface area contributed by atoms with Crippen molar-refractivity contribution < 1.29 is 4.42 Å². The number of fused-ring (bicyclic) bond motifs is 1. The van der Waals surface area contributed by atoms with Crippen LogP contribution >= 0.6 is 11.6 Å². The summed E-state index contributed by atoms with van der Waals surface area (Å²) in [5, 5.41) is 0.700. The van der Waals surface area contributed by atoms with Gasteiger partial charge in [-0.2, -0.15) is 0 Å². The largest absolute Gasteiger partial charge is 0.436 e. The summed E-state index contributed by atoms with van der Waals surface area (Å²) in [5.74, 6) is 0.592. The summed E-state index contributed by atoms with van der Waals surface area (Å²) in [4.78, 5) is 4.35. The number of hydrogen-bond acceptors (Lipinski definition) is 2. The number of rotatable bonds is 1. The average molecular weight is 229 g/mol. The highest BCUT2D eigenvalue weighted by molar-refractivity contribution is 6.30. The molecule has 3 heteroatoms. The number of halogens is 1. The highest BCUT2D eigenvalue weighted by atomic mass is 35.5. The average Bonchev–Trinajstić information content (AvgIpc) is 2.73. The van der Waals surface area contributed by atoms with Crippen LogP contribution in [0, 0.1) is 6.07 Å². The Morgan fingerprint density at radius 1 is 1.12 bits per heavy atom. The zero-order valence-electron chi connectivity index (χ0n) is 8.27. The molecule has 0 bridgehead atoms. The van der Waals surface area contributed by atoms with E-state index < -0.39 is 0 Å². The van der Waals surface area contributed by atoms with E-state index in [1.807, 2.05) is 42.5 Å². The van der Waals surface area contributed by atoms with Gasteiger partial charge in [0.15, 0.2) is 5.58 Å². The second kappa shape index (κ2) is 3.65. The van der Waals surface area contributed by atoms with Crippen molar-refractivity contribution in [1.29, 1.82) is 0 Å². The molecule has 1 aromatic heterocycles. The Morgan fingerprint density at radius 3 is 2.69 bits per heavy atom. The maximum absolute atomic E-state index is 5.82. The molecule has 3 rings (SSSR count). The van der Waals surface area contributed by atoms with Gasteiger partial charge in [0.25, 0.3) is 0 Å². The molecule has 0 aliphatic rings. The third-order valence-corrected chi connectivity index (χ3v) is 2.56. The Hall–Kier alpha value is -1.80. The maximum Gasteiger partial charge on any atom is 0.227 e. The minimum atomic E-state index is 0.592. The number of benzene rings is 2. The lowest BCUT2D eigenvalue weighted by atomic mass is 10.2. The molecule has 0 spiro atoms. The fraction of sp³-hybridized carbons (Fsp3) is 0. The van der Waals surface area contributed by atoms with Crippen molar-refractivity contribution in [2.75, 3.05) is 0 Å². The molecule has 1 radical (unpaired) electrons. The number of oxazole rings is 1. The van der Waals surface area contributed by atoms with Crippen molar-refractivity contribution in [3.8, 4) is 11.5 Å². The first-order valence-corrected chi connectivity index (χ1v) is 5.24. The molecule has 0 fully saturated rings. The first-order chi connectivity index (χ1) is 7.83. The number of para-hydroxylation sites is 1. The molecule has 0 amide bonds.